The monoisotopic (exact) mass is 263 g/mol. The van der Waals surface area contributed by atoms with Gasteiger partial charge in [0.25, 0.3) is 0 Å². The van der Waals surface area contributed by atoms with E-state index in [1.807, 2.05) is 26.0 Å². The van der Waals surface area contributed by atoms with Gasteiger partial charge in [0.1, 0.15) is 17.5 Å². The molecule has 0 spiro atoms. The molecule has 94 valence electrons. The first-order chi connectivity index (χ1) is 8.54. The molecule has 0 amide bonds. The van der Waals surface area contributed by atoms with E-state index >= 15 is 0 Å². The van der Waals surface area contributed by atoms with Crippen LogP contribution in [-0.2, 0) is 6.61 Å². The van der Waals surface area contributed by atoms with E-state index < -0.39 is 0 Å². The van der Waals surface area contributed by atoms with Crippen LogP contribution < -0.4 is 10.5 Å². The summed E-state index contributed by atoms with van der Waals surface area (Å²) in [5.74, 6) is 1.33. The minimum Gasteiger partial charge on any atom is -0.485 e. The number of hydrogen-bond acceptors (Lipinski definition) is 4. The Kier molecular flexibility index (Phi) is 3.67. The standard InChI is InChI=1S/C13H14ClN3O/c1-8-5-10(15)3-4-11(8)18-7-13-16-9(2)6-12(14)17-13/h3-6H,7,15H2,1-2H3. The van der Waals surface area contributed by atoms with Crippen LogP contribution in [0, 0.1) is 13.8 Å². The van der Waals surface area contributed by atoms with Gasteiger partial charge in [-0.25, -0.2) is 9.97 Å². The van der Waals surface area contributed by atoms with E-state index in [1.54, 1.807) is 12.1 Å². The van der Waals surface area contributed by atoms with Gasteiger partial charge in [-0.05, 0) is 43.7 Å². The van der Waals surface area contributed by atoms with Crippen LogP contribution in [0.25, 0.3) is 0 Å². The van der Waals surface area contributed by atoms with E-state index in [2.05, 4.69) is 9.97 Å². The van der Waals surface area contributed by atoms with Gasteiger partial charge >= 0.3 is 0 Å². The summed E-state index contributed by atoms with van der Waals surface area (Å²) in [6, 6.07) is 7.20. The van der Waals surface area contributed by atoms with Crippen molar-refractivity contribution in [2.45, 2.75) is 20.5 Å². The lowest BCUT2D eigenvalue weighted by Crippen LogP contribution is -2.03. The second kappa shape index (κ2) is 5.23. The van der Waals surface area contributed by atoms with Crippen LogP contribution in [0.4, 0.5) is 5.69 Å². The smallest absolute Gasteiger partial charge is 0.167 e. The van der Waals surface area contributed by atoms with Crippen LogP contribution in [0.3, 0.4) is 0 Å². The molecule has 0 saturated carbocycles. The Morgan fingerprint density at radius 2 is 2.00 bits per heavy atom. The van der Waals surface area contributed by atoms with Crippen molar-refractivity contribution < 1.29 is 4.74 Å². The molecule has 1 aromatic heterocycles. The lowest BCUT2D eigenvalue weighted by Gasteiger charge is -2.09. The van der Waals surface area contributed by atoms with Gasteiger partial charge in [0, 0.05) is 11.4 Å². The lowest BCUT2D eigenvalue weighted by atomic mass is 10.2. The average Bonchev–Trinajstić information content (AvgIpc) is 2.26. The molecular formula is C13H14ClN3O. The Morgan fingerprint density at radius 3 is 2.67 bits per heavy atom. The first kappa shape index (κ1) is 12.6. The summed E-state index contributed by atoms with van der Waals surface area (Å²) >= 11 is 5.86. The molecule has 2 aromatic rings. The zero-order chi connectivity index (χ0) is 13.1. The number of halogens is 1. The predicted molar refractivity (Wildman–Crippen MR) is 71.7 cm³/mol. The molecule has 0 unspecified atom stereocenters. The maximum atomic E-state index is 5.86. The molecule has 0 saturated heterocycles. The summed E-state index contributed by atoms with van der Waals surface area (Å²) in [5.41, 5.74) is 8.20. The highest BCUT2D eigenvalue weighted by molar-refractivity contribution is 6.29. The third-order valence-corrected chi connectivity index (χ3v) is 2.62. The number of nitrogens with two attached hydrogens (primary N) is 1. The third kappa shape index (κ3) is 3.11. The predicted octanol–water partition coefficient (Wildman–Crippen LogP) is 2.91. The van der Waals surface area contributed by atoms with Crippen LogP contribution in [0.5, 0.6) is 5.75 Å². The molecule has 0 bridgehead atoms. The van der Waals surface area contributed by atoms with Gasteiger partial charge in [-0.2, -0.15) is 0 Å². The number of benzene rings is 1. The summed E-state index contributed by atoms with van der Waals surface area (Å²) in [5, 5.41) is 0.426. The molecule has 0 aliphatic rings. The number of hydrogen-bond donors (Lipinski definition) is 1. The molecule has 2 N–H and O–H groups in total. The van der Waals surface area contributed by atoms with E-state index in [0.29, 0.717) is 11.0 Å². The van der Waals surface area contributed by atoms with Gasteiger partial charge in [0.15, 0.2) is 5.82 Å². The Balaban J connectivity index is 2.11. The topological polar surface area (TPSA) is 61.0 Å². The SMILES string of the molecule is Cc1cc(Cl)nc(COc2ccc(N)cc2C)n1. The molecular weight excluding hydrogens is 250 g/mol. The Morgan fingerprint density at radius 1 is 1.22 bits per heavy atom. The average molecular weight is 264 g/mol. The van der Waals surface area contributed by atoms with Gasteiger partial charge in [0.05, 0.1) is 0 Å². The maximum absolute atomic E-state index is 5.86. The van der Waals surface area contributed by atoms with Gasteiger partial charge in [-0.1, -0.05) is 11.6 Å². The minimum absolute atomic E-state index is 0.284. The van der Waals surface area contributed by atoms with Crippen LogP contribution in [0.1, 0.15) is 17.1 Å². The fourth-order valence-corrected chi connectivity index (χ4v) is 1.89. The minimum atomic E-state index is 0.284. The molecule has 0 aliphatic heterocycles. The molecule has 0 atom stereocenters. The second-order valence-corrected chi connectivity index (χ2v) is 4.45. The Bertz CT molecular complexity index is 552. The number of aromatic nitrogens is 2. The third-order valence-electron chi connectivity index (χ3n) is 2.43. The van der Waals surface area contributed by atoms with Crippen molar-refractivity contribution in [3.05, 3.63) is 46.5 Å². The molecule has 2 rings (SSSR count). The van der Waals surface area contributed by atoms with Crippen LogP contribution in [-0.4, -0.2) is 9.97 Å². The van der Waals surface area contributed by atoms with Crippen molar-refractivity contribution in [1.29, 1.82) is 0 Å². The number of nitrogens with zero attached hydrogens (tertiary/aromatic N) is 2. The van der Waals surface area contributed by atoms with E-state index in [4.69, 9.17) is 22.1 Å². The molecule has 0 fully saturated rings. The molecule has 0 aliphatic carbocycles. The van der Waals surface area contributed by atoms with Crippen LogP contribution >= 0.6 is 11.6 Å². The molecule has 5 heteroatoms. The highest BCUT2D eigenvalue weighted by atomic mass is 35.5. The molecule has 1 aromatic carbocycles. The number of nitrogen functional groups attached to an aromatic ring is 1. The summed E-state index contributed by atoms with van der Waals surface area (Å²) in [7, 11) is 0. The van der Waals surface area contributed by atoms with Crippen molar-refractivity contribution in [1.82, 2.24) is 9.97 Å². The summed E-state index contributed by atoms with van der Waals surface area (Å²) in [6.07, 6.45) is 0. The zero-order valence-corrected chi connectivity index (χ0v) is 11.0. The van der Waals surface area contributed by atoms with Gasteiger partial charge in [-0.15, -0.1) is 0 Å². The Hall–Kier alpha value is -1.81. The van der Waals surface area contributed by atoms with Crippen molar-refractivity contribution in [3.8, 4) is 5.75 Å². The van der Waals surface area contributed by atoms with E-state index in [0.717, 1.165) is 22.7 Å². The van der Waals surface area contributed by atoms with Crippen LogP contribution in [0.2, 0.25) is 5.15 Å². The number of aryl methyl sites for hydroxylation is 2. The fraction of sp³-hybridized carbons (Fsp3) is 0.231. The number of ether oxygens (including phenoxy) is 1. The zero-order valence-electron chi connectivity index (χ0n) is 10.3. The molecule has 4 nitrogen and oxygen atoms in total. The normalized spacial score (nSPS) is 10.4. The van der Waals surface area contributed by atoms with Gasteiger partial charge in [-0.3, -0.25) is 0 Å². The summed E-state index contributed by atoms with van der Waals surface area (Å²) < 4.78 is 5.65. The highest BCUT2D eigenvalue weighted by Gasteiger charge is 2.04. The van der Waals surface area contributed by atoms with Crippen LogP contribution in [0.15, 0.2) is 24.3 Å². The van der Waals surface area contributed by atoms with Crippen molar-refractivity contribution in [2.24, 2.45) is 0 Å². The first-order valence-electron chi connectivity index (χ1n) is 5.53. The first-order valence-corrected chi connectivity index (χ1v) is 5.91. The second-order valence-electron chi connectivity index (χ2n) is 4.06. The highest BCUT2D eigenvalue weighted by Crippen LogP contribution is 2.21. The number of anilines is 1. The summed E-state index contributed by atoms with van der Waals surface area (Å²) in [6.45, 7) is 4.09. The summed E-state index contributed by atoms with van der Waals surface area (Å²) in [4.78, 5) is 8.35. The van der Waals surface area contributed by atoms with E-state index in [9.17, 15) is 0 Å². The van der Waals surface area contributed by atoms with Crippen molar-refractivity contribution >= 4 is 17.3 Å². The quantitative estimate of drug-likeness (QED) is 0.683. The van der Waals surface area contributed by atoms with Gasteiger partial charge in [0.2, 0.25) is 0 Å². The van der Waals surface area contributed by atoms with Crippen molar-refractivity contribution in [2.75, 3.05) is 5.73 Å². The van der Waals surface area contributed by atoms with E-state index in [-0.39, 0.29) is 6.61 Å². The number of rotatable bonds is 3. The maximum Gasteiger partial charge on any atom is 0.167 e. The van der Waals surface area contributed by atoms with Crippen molar-refractivity contribution in [3.63, 3.8) is 0 Å². The van der Waals surface area contributed by atoms with E-state index in [1.165, 1.54) is 0 Å². The Labute approximate surface area is 111 Å². The lowest BCUT2D eigenvalue weighted by molar-refractivity contribution is 0.293. The molecule has 0 radical (unpaired) electrons. The molecule has 18 heavy (non-hydrogen) atoms. The largest absolute Gasteiger partial charge is 0.485 e. The molecule has 1 heterocycles. The van der Waals surface area contributed by atoms with Gasteiger partial charge < -0.3 is 10.5 Å². The fourth-order valence-electron chi connectivity index (χ4n) is 1.63.